The molecule has 1 unspecified atom stereocenters. The number of hydrogen-bond donors (Lipinski definition) is 2. The highest BCUT2D eigenvalue weighted by molar-refractivity contribution is 5.95. The summed E-state index contributed by atoms with van der Waals surface area (Å²) < 4.78 is 14.1. The molecule has 1 atom stereocenters. The van der Waals surface area contributed by atoms with Crippen LogP contribution in [0.3, 0.4) is 0 Å². The minimum absolute atomic E-state index is 0.105. The van der Waals surface area contributed by atoms with Gasteiger partial charge in [-0.25, -0.2) is 4.39 Å². The average molecular weight is 250 g/mol. The molecule has 0 aromatic heterocycles. The van der Waals surface area contributed by atoms with Crippen LogP contribution in [0.5, 0.6) is 0 Å². The largest absolute Gasteiger partial charge is 0.384 e. The third-order valence-corrected chi connectivity index (χ3v) is 3.40. The van der Waals surface area contributed by atoms with Crippen molar-refractivity contribution in [3.05, 3.63) is 29.6 Å². The van der Waals surface area contributed by atoms with Gasteiger partial charge in [0.25, 0.3) is 0 Å². The summed E-state index contributed by atoms with van der Waals surface area (Å²) >= 11 is 0. The van der Waals surface area contributed by atoms with Gasteiger partial charge in [0.05, 0.1) is 5.69 Å². The number of nitrogens with one attached hydrogen (secondary N) is 1. The molecular formula is C13H19FN4. The van der Waals surface area contributed by atoms with Crippen molar-refractivity contribution < 1.29 is 4.39 Å². The van der Waals surface area contributed by atoms with E-state index in [1.165, 1.54) is 6.07 Å². The van der Waals surface area contributed by atoms with Crippen LogP contribution >= 0.6 is 0 Å². The summed E-state index contributed by atoms with van der Waals surface area (Å²) in [7, 11) is 2.07. The standard InChI is InChI=1S/C13H19FN4/c1-9-8-17(2)5-6-18(9)12-4-3-10(13(15)16)7-11(12)14/h3-4,7,9H,5-6,8H2,1-2H3,(H3,15,16). The smallest absolute Gasteiger partial charge is 0.147 e. The summed E-state index contributed by atoms with van der Waals surface area (Å²) in [5.74, 6) is -0.411. The Kier molecular flexibility index (Phi) is 3.52. The van der Waals surface area contributed by atoms with Crippen molar-refractivity contribution in [2.24, 2.45) is 5.73 Å². The van der Waals surface area contributed by atoms with E-state index in [2.05, 4.69) is 23.8 Å². The van der Waals surface area contributed by atoms with Crippen molar-refractivity contribution >= 4 is 11.5 Å². The first-order valence-electron chi connectivity index (χ1n) is 6.08. The van der Waals surface area contributed by atoms with Crippen LogP contribution in [0, 0.1) is 11.2 Å². The van der Waals surface area contributed by atoms with Crippen molar-refractivity contribution in [2.45, 2.75) is 13.0 Å². The summed E-state index contributed by atoms with van der Waals surface area (Å²) in [5, 5.41) is 7.30. The van der Waals surface area contributed by atoms with Gasteiger partial charge in [0.1, 0.15) is 11.7 Å². The van der Waals surface area contributed by atoms with E-state index in [1.807, 2.05) is 0 Å². The molecule has 1 fully saturated rings. The Morgan fingerprint density at radius 3 is 2.72 bits per heavy atom. The second-order valence-corrected chi connectivity index (χ2v) is 4.88. The first-order valence-corrected chi connectivity index (χ1v) is 6.08. The van der Waals surface area contributed by atoms with Crippen LogP contribution in [0.1, 0.15) is 12.5 Å². The molecule has 0 aliphatic carbocycles. The van der Waals surface area contributed by atoms with Crippen molar-refractivity contribution in [2.75, 3.05) is 31.6 Å². The molecular weight excluding hydrogens is 231 g/mol. The Balaban J connectivity index is 2.26. The van der Waals surface area contributed by atoms with Crippen LogP contribution in [0.15, 0.2) is 18.2 Å². The van der Waals surface area contributed by atoms with Gasteiger partial charge in [-0.05, 0) is 32.2 Å². The number of benzene rings is 1. The first kappa shape index (κ1) is 12.8. The molecule has 0 amide bonds. The molecule has 0 radical (unpaired) electrons. The SMILES string of the molecule is CC1CN(C)CCN1c1ccc(C(=N)N)cc1F. The zero-order valence-electron chi connectivity index (χ0n) is 10.8. The molecule has 4 nitrogen and oxygen atoms in total. The number of amidine groups is 1. The second-order valence-electron chi connectivity index (χ2n) is 4.88. The maximum Gasteiger partial charge on any atom is 0.147 e. The van der Waals surface area contributed by atoms with E-state index >= 15 is 0 Å². The fourth-order valence-corrected chi connectivity index (χ4v) is 2.40. The van der Waals surface area contributed by atoms with E-state index in [-0.39, 0.29) is 17.7 Å². The topological polar surface area (TPSA) is 56.4 Å². The van der Waals surface area contributed by atoms with Gasteiger partial charge < -0.3 is 15.5 Å². The molecule has 18 heavy (non-hydrogen) atoms. The van der Waals surface area contributed by atoms with E-state index in [1.54, 1.807) is 12.1 Å². The normalized spacial score (nSPS) is 21.1. The van der Waals surface area contributed by atoms with E-state index in [0.29, 0.717) is 11.3 Å². The monoisotopic (exact) mass is 250 g/mol. The van der Waals surface area contributed by atoms with E-state index in [9.17, 15) is 4.39 Å². The van der Waals surface area contributed by atoms with Crippen molar-refractivity contribution in [1.29, 1.82) is 5.41 Å². The van der Waals surface area contributed by atoms with Crippen LogP contribution < -0.4 is 10.6 Å². The zero-order chi connectivity index (χ0) is 13.3. The molecule has 1 aliphatic rings. The van der Waals surface area contributed by atoms with E-state index < -0.39 is 0 Å². The van der Waals surface area contributed by atoms with Gasteiger partial charge in [-0.2, -0.15) is 0 Å². The van der Waals surface area contributed by atoms with Crippen molar-refractivity contribution in [1.82, 2.24) is 4.90 Å². The molecule has 1 aromatic carbocycles. The Bertz CT molecular complexity index is 460. The predicted molar refractivity (Wildman–Crippen MR) is 71.7 cm³/mol. The highest BCUT2D eigenvalue weighted by Gasteiger charge is 2.23. The zero-order valence-corrected chi connectivity index (χ0v) is 10.8. The van der Waals surface area contributed by atoms with Crippen LogP contribution in [0.25, 0.3) is 0 Å². The van der Waals surface area contributed by atoms with Crippen LogP contribution in [0.4, 0.5) is 10.1 Å². The second kappa shape index (κ2) is 4.94. The molecule has 1 aliphatic heterocycles. The van der Waals surface area contributed by atoms with Gasteiger partial charge in [-0.1, -0.05) is 0 Å². The lowest BCUT2D eigenvalue weighted by Gasteiger charge is -2.39. The molecule has 0 spiro atoms. The third-order valence-electron chi connectivity index (χ3n) is 3.40. The number of halogens is 1. The third kappa shape index (κ3) is 2.46. The van der Waals surface area contributed by atoms with Gasteiger partial charge in [0.15, 0.2) is 0 Å². The Labute approximate surface area is 107 Å². The predicted octanol–water partition coefficient (Wildman–Crippen LogP) is 1.25. The molecule has 0 bridgehead atoms. The van der Waals surface area contributed by atoms with Crippen LogP contribution in [0.2, 0.25) is 0 Å². The average Bonchev–Trinajstić information content (AvgIpc) is 2.30. The van der Waals surface area contributed by atoms with Crippen molar-refractivity contribution in [3.63, 3.8) is 0 Å². The fraction of sp³-hybridized carbons (Fsp3) is 0.462. The highest BCUT2D eigenvalue weighted by Crippen LogP contribution is 2.24. The maximum atomic E-state index is 14.1. The lowest BCUT2D eigenvalue weighted by molar-refractivity contribution is 0.274. The lowest BCUT2D eigenvalue weighted by atomic mass is 10.1. The molecule has 1 saturated heterocycles. The molecule has 1 aromatic rings. The summed E-state index contributed by atoms with van der Waals surface area (Å²) in [6.45, 7) is 4.76. The number of nitrogen functional groups attached to an aromatic ring is 1. The quantitative estimate of drug-likeness (QED) is 0.613. The molecule has 98 valence electrons. The minimum atomic E-state index is -0.306. The Morgan fingerprint density at radius 2 is 2.17 bits per heavy atom. The number of nitrogens with two attached hydrogens (primary N) is 1. The maximum absolute atomic E-state index is 14.1. The number of rotatable bonds is 2. The van der Waals surface area contributed by atoms with Gasteiger partial charge >= 0.3 is 0 Å². The van der Waals surface area contributed by atoms with Crippen LogP contribution in [-0.2, 0) is 0 Å². The fourth-order valence-electron chi connectivity index (χ4n) is 2.40. The molecule has 0 saturated carbocycles. The first-order chi connectivity index (χ1) is 8.49. The Hall–Kier alpha value is -1.62. The highest BCUT2D eigenvalue weighted by atomic mass is 19.1. The number of anilines is 1. The lowest BCUT2D eigenvalue weighted by Crippen LogP contribution is -2.50. The van der Waals surface area contributed by atoms with E-state index in [0.717, 1.165) is 19.6 Å². The summed E-state index contributed by atoms with van der Waals surface area (Å²) in [6, 6.07) is 5.03. The van der Waals surface area contributed by atoms with Crippen LogP contribution in [-0.4, -0.2) is 43.5 Å². The van der Waals surface area contributed by atoms with E-state index in [4.69, 9.17) is 11.1 Å². The molecule has 5 heteroatoms. The summed E-state index contributed by atoms with van der Waals surface area (Å²) in [6.07, 6.45) is 0. The number of hydrogen-bond acceptors (Lipinski definition) is 3. The minimum Gasteiger partial charge on any atom is -0.384 e. The Morgan fingerprint density at radius 1 is 1.44 bits per heavy atom. The van der Waals surface area contributed by atoms with Gasteiger partial charge in [-0.3, -0.25) is 5.41 Å². The summed E-state index contributed by atoms with van der Waals surface area (Å²) in [5.41, 5.74) is 6.38. The number of piperazine rings is 1. The number of likely N-dealkylation sites (N-methyl/N-ethyl adjacent to an activating group) is 1. The summed E-state index contributed by atoms with van der Waals surface area (Å²) in [4.78, 5) is 4.31. The number of nitrogens with zero attached hydrogens (tertiary/aromatic N) is 2. The van der Waals surface area contributed by atoms with Gasteiger partial charge in [-0.15, -0.1) is 0 Å². The molecule has 2 rings (SSSR count). The van der Waals surface area contributed by atoms with Gasteiger partial charge in [0.2, 0.25) is 0 Å². The van der Waals surface area contributed by atoms with Gasteiger partial charge in [0, 0.05) is 31.2 Å². The molecule has 3 N–H and O–H groups in total. The van der Waals surface area contributed by atoms with Crippen molar-refractivity contribution in [3.8, 4) is 0 Å². The molecule has 1 heterocycles.